The zero-order valence-electron chi connectivity index (χ0n) is 16.4. The molecule has 30 heavy (non-hydrogen) atoms. The molecule has 1 fully saturated rings. The quantitative estimate of drug-likeness (QED) is 0.289. The number of nitrogens with zero attached hydrogens (tertiary/aromatic N) is 1. The molecule has 0 radical (unpaired) electrons. The smallest absolute Gasteiger partial charge is 0.295 e. The number of aliphatic hydroxyl groups is 2. The van der Waals surface area contributed by atoms with Crippen molar-refractivity contribution < 1.29 is 29.3 Å². The molecule has 1 atom stereocenters. The Balaban J connectivity index is 2.04. The molecule has 0 spiro atoms. The van der Waals surface area contributed by atoms with Crippen molar-refractivity contribution in [3.63, 3.8) is 0 Å². The lowest BCUT2D eigenvalue weighted by molar-refractivity contribution is -0.140. The number of benzene rings is 2. The maximum Gasteiger partial charge on any atom is 0.295 e. The van der Waals surface area contributed by atoms with E-state index in [4.69, 9.17) is 26.2 Å². The first kappa shape index (κ1) is 21.8. The summed E-state index contributed by atoms with van der Waals surface area (Å²) in [6.07, 6.45) is 0. The van der Waals surface area contributed by atoms with Crippen molar-refractivity contribution in [1.82, 2.24) is 4.90 Å². The minimum Gasteiger partial charge on any atom is -0.507 e. The summed E-state index contributed by atoms with van der Waals surface area (Å²) in [4.78, 5) is 27.0. The molecule has 2 aromatic rings. The van der Waals surface area contributed by atoms with Crippen molar-refractivity contribution in [2.75, 3.05) is 33.5 Å². The number of halogens is 1. The first-order chi connectivity index (χ1) is 14.5. The Morgan fingerprint density at radius 3 is 2.33 bits per heavy atom. The van der Waals surface area contributed by atoms with Crippen molar-refractivity contribution in [2.45, 2.75) is 6.04 Å². The largest absolute Gasteiger partial charge is 0.507 e. The van der Waals surface area contributed by atoms with Crippen molar-refractivity contribution >= 4 is 29.1 Å². The average Bonchev–Trinajstić information content (AvgIpc) is 3.01. The molecule has 0 aromatic heterocycles. The zero-order valence-corrected chi connectivity index (χ0v) is 17.1. The molecule has 2 aromatic carbocycles. The molecule has 0 saturated carbocycles. The fourth-order valence-electron chi connectivity index (χ4n) is 3.34. The number of hydrogen-bond donors (Lipinski definition) is 2. The van der Waals surface area contributed by atoms with Gasteiger partial charge in [-0.25, -0.2) is 0 Å². The van der Waals surface area contributed by atoms with E-state index >= 15 is 0 Å². The summed E-state index contributed by atoms with van der Waals surface area (Å²) in [5, 5.41) is 20.3. The number of amides is 1. The standard InChI is InChI=1S/C22H22ClNO6/c1-29-17-8-4-15(5-9-17)20(26)18-19(14-2-6-16(23)7-3-14)24(22(28)21(18)27)10-12-30-13-11-25/h2-9,19,25-26H,10-13H2,1H3/b20-18+. The van der Waals surface area contributed by atoms with Gasteiger partial charge in [-0.05, 0) is 42.0 Å². The summed E-state index contributed by atoms with van der Waals surface area (Å²) in [5.74, 6) is -1.17. The predicted molar refractivity (Wildman–Crippen MR) is 111 cm³/mol. The highest BCUT2D eigenvalue weighted by Crippen LogP contribution is 2.39. The SMILES string of the molecule is COc1ccc(/C(O)=C2\C(=O)C(=O)N(CCOCCO)C2c2ccc(Cl)cc2)cc1. The number of carbonyl (C=O) groups excluding carboxylic acids is 2. The number of aliphatic hydroxyl groups excluding tert-OH is 2. The normalized spacial score (nSPS) is 18.1. The van der Waals surface area contributed by atoms with Gasteiger partial charge in [0.25, 0.3) is 11.7 Å². The summed E-state index contributed by atoms with van der Waals surface area (Å²) < 4.78 is 10.4. The molecule has 1 saturated heterocycles. The topological polar surface area (TPSA) is 96.3 Å². The maximum atomic E-state index is 12.9. The summed E-state index contributed by atoms with van der Waals surface area (Å²) in [7, 11) is 1.53. The minimum absolute atomic E-state index is 0.00496. The lowest BCUT2D eigenvalue weighted by atomic mass is 9.95. The Bertz CT molecular complexity index is 939. The van der Waals surface area contributed by atoms with Gasteiger partial charge in [0.1, 0.15) is 11.5 Å². The van der Waals surface area contributed by atoms with E-state index in [0.717, 1.165) is 0 Å². The van der Waals surface area contributed by atoms with Gasteiger partial charge < -0.3 is 24.6 Å². The van der Waals surface area contributed by atoms with E-state index in [2.05, 4.69) is 0 Å². The van der Waals surface area contributed by atoms with E-state index in [1.165, 1.54) is 12.0 Å². The van der Waals surface area contributed by atoms with Crippen LogP contribution in [0.5, 0.6) is 5.75 Å². The third kappa shape index (κ3) is 4.48. The maximum absolute atomic E-state index is 12.9. The highest BCUT2D eigenvalue weighted by molar-refractivity contribution is 6.46. The predicted octanol–water partition coefficient (Wildman–Crippen LogP) is 2.78. The van der Waals surface area contributed by atoms with Crippen LogP contribution in [0.15, 0.2) is 54.1 Å². The van der Waals surface area contributed by atoms with Gasteiger partial charge >= 0.3 is 0 Å². The van der Waals surface area contributed by atoms with Crippen LogP contribution in [0.4, 0.5) is 0 Å². The Morgan fingerprint density at radius 1 is 1.07 bits per heavy atom. The number of Topliss-reactive ketones (excluding diaryl/α,β-unsaturated/α-hetero) is 1. The van der Waals surface area contributed by atoms with E-state index in [0.29, 0.717) is 21.9 Å². The number of methoxy groups -OCH3 is 1. The van der Waals surface area contributed by atoms with Gasteiger partial charge in [0, 0.05) is 17.1 Å². The summed E-state index contributed by atoms with van der Waals surface area (Å²) >= 11 is 5.99. The third-order valence-corrected chi connectivity index (χ3v) is 5.05. The Kier molecular flexibility index (Phi) is 7.10. The molecule has 1 heterocycles. The Hall–Kier alpha value is -2.87. The van der Waals surface area contributed by atoms with Crippen LogP contribution in [0.1, 0.15) is 17.2 Å². The van der Waals surface area contributed by atoms with E-state index in [9.17, 15) is 14.7 Å². The second kappa shape index (κ2) is 9.75. The second-order valence-corrected chi connectivity index (χ2v) is 7.04. The van der Waals surface area contributed by atoms with Crippen LogP contribution in [0.25, 0.3) is 5.76 Å². The molecular weight excluding hydrogens is 410 g/mol. The Labute approximate surface area is 179 Å². The number of rotatable bonds is 8. The van der Waals surface area contributed by atoms with Gasteiger partial charge in [-0.3, -0.25) is 9.59 Å². The number of ether oxygens (including phenoxy) is 2. The fraction of sp³-hybridized carbons (Fsp3) is 0.273. The molecule has 2 N–H and O–H groups in total. The van der Waals surface area contributed by atoms with Crippen molar-refractivity contribution in [2.24, 2.45) is 0 Å². The van der Waals surface area contributed by atoms with Crippen molar-refractivity contribution in [3.05, 3.63) is 70.3 Å². The van der Waals surface area contributed by atoms with Crippen molar-refractivity contribution in [3.8, 4) is 5.75 Å². The van der Waals surface area contributed by atoms with Crippen LogP contribution in [-0.2, 0) is 14.3 Å². The van der Waals surface area contributed by atoms with Crippen LogP contribution < -0.4 is 4.74 Å². The van der Waals surface area contributed by atoms with E-state index < -0.39 is 17.7 Å². The molecule has 1 aliphatic heterocycles. The molecule has 158 valence electrons. The number of likely N-dealkylation sites (tertiary alicyclic amines) is 1. The molecule has 3 rings (SSSR count). The first-order valence-electron chi connectivity index (χ1n) is 9.34. The molecular formula is C22H22ClNO6. The summed E-state index contributed by atoms with van der Waals surface area (Å²) in [5.41, 5.74) is 1.02. The lowest BCUT2D eigenvalue weighted by Crippen LogP contribution is -2.33. The lowest BCUT2D eigenvalue weighted by Gasteiger charge is -2.25. The van der Waals surface area contributed by atoms with Crippen LogP contribution in [0.3, 0.4) is 0 Å². The number of ketones is 1. The molecule has 0 bridgehead atoms. The van der Waals surface area contributed by atoms with Gasteiger partial charge in [0.05, 0.1) is 38.5 Å². The summed E-state index contributed by atoms with van der Waals surface area (Å²) in [6.45, 7) is 0.246. The number of hydrogen-bond acceptors (Lipinski definition) is 6. The molecule has 0 aliphatic carbocycles. The molecule has 8 heteroatoms. The van der Waals surface area contributed by atoms with E-state index in [1.54, 1.807) is 48.5 Å². The molecule has 1 aliphatic rings. The molecule has 7 nitrogen and oxygen atoms in total. The van der Waals surface area contributed by atoms with Gasteiger partial charge in [-0.2, -0.15) is 0 Å². The van der Waals surface area contributed by atoms with Crippen molar-refractivity contribution in [1.29, 1.82) is 0 Å². The monoisotopic (exact) mass is 431 g/mol. The first-order valence-corrected chi connectivity index (χ1v) is 9.72. The zero-order chi connectivity index (χ0) is 21.7. The van der Waals surface area contributed by atoms with Gasteiger partial charge in [-0.15, -0.1) is 0 Å². The fourth-order valence-corrected chi connectivity index (χ4v) is 3.46. The second-order valence-electron chi connectivity index (χ2n) is 6.61. The van der Waals surface area contributed by atoms with Crippen LogP contribution in [-0.4, -0.2) is 60.3 Å². The summed E-state index contributed by atoms with van der Waals surface area (Å²) in [6, 6.07) is 12.5. The highest BCUT2D eigenvalue weighted by Gasteiger charge is 2.45. The average molecular weight is 432 g/mol. The van der Waals surface area contributed by atoms with E-state index in [1.807, 2.05) is 0 Å². The van der Waals surface area contributed by atoms with Gasteiger partial charge in [0.15, 0.2) is 0 Å². The molecule has 1 unspecified atom stereocenters. The minimum atomic E-state index is -0.790. The molecule has 1 amide bonds. The highest BCUT2D eigenvalue weighted by atomic mass is 35.5. The van der Waals surface area contributed by atoms with Gasteiger partial charge in [-0.1, -0.05) is 23.7 Å². The third-order valence-electron chi connectivity index (χ3n) is 4.80. The van der Waals surface area contributed by atoms with Crippen LogP contribution >= 0.6 is 11.6 Å². The van der Waals surface area contributed by atoms with Crippen LogP contribution in [0.2, 0.25) is 5.02 Å². The van der Waals surface area contributed by atoms with E-state index in [-0.39, 0.29) is 37.7 Å². The number of carbonyl (C=O) groups is 2. The van der Waals surface area contributed by atoms with Gasteiger partial charge in [0.2, 0.25) is 0 Å². The Morgan fingerprint density at radius 2 is 1.73 bits per heavy atom. The van der Waals surface area contributed by atoms with Crippen LogP contribution in [0, 0.1) is 0 Å².